The van der Waals surface area contributed by atoms with Gasteiger partial charge in [-0.2, -0.15) is 0 Å². The molecule has 3 aliphatic heterocycles. The van der Waals surface area contributed by atoms with Crippen molar-refractivity contribution in [3.8, 4) is 0 Å². The number of rotatable bonds is 5. The number of hydrogen-bond acceptors (Lipinski definition) is 5. The summed E-state index contributed by atoms with van der Waals surface area (Å²) >= 11 is 0. The molecule has 0 bridgehead atoms. The highest BCUT2D eigenvalue weighted by atomic mass is 16.5. The number of carbonyl (C=O) groups excluding carboxylic acids is 3. The minimum atomic E-state index is -0.670. The molecule has 0 aliphatic carbocycles. The van der Waals surface area contributed by atoms with Crippen molar-refractivity contribution < 1.29 is 19.1 Å². The Labute approximate surface area is 216 Å². The Morgan fingerprint density at radius 3 is 2.38 bits per heavy atom. The lowest BCUT2D eigenvalue weighted by atomic mass is 9.95. The number of carbonyl (C=O) groups is 3. The molecule has 0 aromatic heterocycles. The van der Waals surface area contributed by atoms with Crippen LogP contribution in [0.3, 0.4) is 0 Å². The van der Waals surface area contributed by atoms with E-state index < -0.39 is 11.9 Å². The van der Waals surface area contributed by atoms with Gasteiger partial charge in [-0.1, -0.05) is 42.5 Å². The number of hydrogen-bond donors (Lipinski definition) is 1. The highest BCUT2D eigenvalue weighted by Gasteiger charge is 2.40. The predicted octanol–water partition coefficient (Wildman–Crippen LogP) is 3.81. The first-order valence-electron chi connectivity index (χ1n) is 13.0. The number of nitrogens with zero attached hydrogens (tertiary/aromatic N) is 2. The summed E-state index contributed by atoms with van der Waals surface area (Å²) in [7, 11) is 0. The van der Waals surface area contributed by atoms with Crippen molar-refractivity contribution in [1.82, 2.24) is 10.2 Å². The largest absolute Gasteiger partial charge is 0.373 e. The first-order chi connectivity index (χ1) is 17.9. The summed E-state index contributed by atoms with van der Waals surface area (Å²) in [6.07, 6.45) is 1.83. The lowest BCUT2D eigenvalue weighted by molar-refractivity contribution is -0.134. The average molecular weight is 498 g/mol. The van der Waals surface area contributed by atoms with Crippen molar-refractivity contribution >= 4 is 34.2 Å². The van der Waals surface area contributed by atoms with Gasteiger partial charge in [-0.3, -0.25) is 29.5 Å². The average Bonchev–Trinajstić information content (AvgIpc) is 3.14. The van der Waals surface area contributed by atoms with E-state index >= 15 is 0 Å². The van der Waals surface area contributed by atoms with Crippen molar-refractivity contribution in [3.05, 3.63) is 76.9 Å². The Balaban J connectivity index is 1.24. The van der Waals surface area contributed by atoms with Crippen molar-refractivity contribution in [2.75, 3.05) is 18.0 Å². The molecule has 3 heterocycles. The van der Waals surface area contributed by atoms with Gasteiger partial charge in [-0.15, -0.1) is 0 Å². The molecule has 0 saturated carbocycles. The maximum atomic E-state index is 13.4. The van der Waals surface area contributed by atoms with Crippen LogP contribution in [-0.2, 0) is 27.3 Å². The maximum Gasteiger partial charge on any atom is 0.259 e. The van der Waals surface area contributed by atoms with Crippen LogP contribution in [-0.4, -0.2) is 54.0 Å². The van der Waals surface area contributed by atoms with E-state index in [9.17, 15) is 14.4 Å². The fraction of sp³-hybridized carbons (Fsp3) is 0.367. The van der Waals surface area contributed by atoms with Gasteiger partial charge in [0.25, 0.3) is 5.91 Å². The molecule has 0 spiro atoms. The quantitative estimate of drug-likeness (QED) is 0.543. The van der Waals surface area contributed by atoms with Crippen LogP contribution in [0.25, 0.3) is 10.8 Å². The minimum absolute atomic E-state index is 0.177. The normalized spacial score (nSPS) is 24.1. The van der Waals surface area contributed by atoms with Crippen LogP contribution in [0.5, 0.6) is 0 Å². The van der Waals surface area contributed by atoms with E-state index in [1.807, 2.05) is 24.3 Å². The third-order valence-electron chi connectivity index (χ3n) is 7.66. The summed E-state index contributed by atoms with van der Waals surface area (Å²) < 4.78 is 5.85. The van der Waals surface area contributed by atoms with Gasteiger partial charge < -0.3 is 4.74 Å². The number of ether oxygens (including phenoxy) is 1. The van der Waals surface area contributed by atoms with Crippen LogP contribution < -0.4 is 10.2 Å². The van der Waals surface area contributed by atoms with Gasteiger partial charge in [0.1, 0.15) is 6.04 Å². The molecule has 3 aliphatic rings. The van der Waals surface area contributed by atoms with Crippen molar-refractivity contribution in [2.24, 2.45) is 0 Å². The zero-order valence-electron chi connectivity index (χ0n) is 21.2. The molecule has 2 saturated heterocycles. The summed E-state index contributed by atoms with van der Waals surface area (Å²) in [5.41, 5.74) is 5.00. The minimum Gasteiger partial charge on any atom is -0.373 e. The zero-order valence-corrected chi connectivity index (χ0v) is 21.2. The highest BCUT2D eigenvalue weighted by Crippen LogP contribution is 2.41. The van der Waals surface area contributed by atoms with Gasteiger partial charge in [-0.25, -0.2) is 0 Å². The number of anilines is 1. The lowest BCUT2D eigenvalue weighted by Crippen LogP contribution is -2.53. The number of imide groups is 1. The maximum absolute atomic E-state index is 13.4. The molecule has 7 heteroatoms. The summed E-state index contributed by atoms with van der Waals surface area (Å²) in [5, 5.41) is 4.30. The number of benzene rings is 3. The molecule has 7 nitrogen and oxygen atoms in total. The molecule has 3 amide bonds. The van der Waals surface area contributed by atoms with E-state index in [-0.39, 0.29) is 30.4 Å². The zero-order chi connectivity index (χ0) is 25.7. The SMILES string of the molecule is C[C@@H]1CN(Cc2ccc(Cc3ccc4c5c(cccc35)C(=O)N4C3CCC(=O)NC3=O)cc2)C[C@H](C)O1. The Bertz CT molecular complexity index is 1390. The van der Waals surface area contributed by atoms with Crippen molar-refractivity contribution in [1.29, 1.82) is 0 Å². The molecular formula is C30H31N3O4. The smallest absolute Gasteiger partial charge is 0.259 e. The van der Waals surface area contributed by atoms with E-state index in [4.69, 9.17) is 4.74 Å². The fourth-order valence-corrected chi connectivity index (χ4v) is 6.11. The van der Waals surface area contributed by atoms with Crippen molar-refractivity contribution in [3.63, 3.8) is 0 Å². The molecule has 3 aromatic carbocycles. The molecule has 37 heavy (non-hydrogen) atoms. The molecule has 6 rings (SSSR count). The third kappa shape index (κ3) is 4.43. The summed E-state index contributed by atoms with van der Waals surface area (Å²) in [4.78, 5) is 41.6. The molecule has 3 atom stereocenters. The Morgan fingerprint density at radius 2 is 1.65 bits per heavy atom. The second kappa shape index (κ2) is 9.39. The van der Waals surface area contributed by atoms with Crippen LogP contribution in [0.1, 0.15) is 53.7 Å². The summed E-state index contributed by atoms with van der Waals surface area (Å²) in [6, 6.07) is 17.9. The third-order valence-corrected chi connectivity index (χ3v) is 7.66. The standard InChI is InChI=1S/C30H31N3O4/c1-18-15-32(16-19(2)37-18)17-21-8-6-20(7-9-21)14-22-10-11-25-28-23(22)4-3-5-24(28)30(36)33(25)26-12-13-27(34)31-29(26)35/h3-11,18-19,26H,12-17H2,1-2H3,(H,31,34,35)/t18-,19+,26?. The number of morpholine rings is 1. The Kier molecular flexibility index (Phi) is 6.05. The highest BCUT2D eigenvalue weighted by molar-refractivity contribution is 6.27. The second-order valence-corrected chi connectivity index (χ2v) is 10.6. The first-order valence-corrected chi connectivity index (χ1v) is 13.0. The second-order valence-electron chi connectivity index (χ2n) is 10.6. The van der Waals surface area contributed by atoms with Crippen molar-refractivity contribution in [2.45, 2.75) is 57.9 Å². The van der Waals surface area contributed by atoms with Gasteiger partial charge >= 0.3 is 0 Å². The number of nitrogens with one attached hydrogen (secondary N) is 1. The summed E-state index contributed by atoms with van der Waals surface area (Å²) in [6.45, 7) is 7.06. The molecular weight excluding hydrogens is 466 g/mol. The van der Waals surface area contributed by atoms with Gasteiger partial charge in [0.2, 0.25) is 11.8 Å². The van der Waals surface area contributed by atoms with Crippen LogP contribution in [0.2, 0.25) is 0 Å². The molecule has 3 aromatic rings. The predicted molar refractivity (Wildman–Crippen MR) is 141 cm³/mol. The Morgan fingerprint density at radius 1 is 0.919 bits per heavy atom. The molecule has 190 valence electrons. The van der Waals surface area contributed by atoms with Crippen LogP contribution >= 0.6 is 0 Å². The van der Waals surface area contributed by atoms with Crippen LogP contribution in [0, 0.1) is 0 Å². The van der Waals surface area contributed by atoms with Gasteiger partial charge in [0, 0.05) is 37.0 Å². The molecule has 0 radical (unpaired) electrons. The molecule has 1 N–H and O–H groups in total. The summed E-state index contributed by atoms with van der Waals surface area (Å²) in [5.74, 6) is -0.870. The molecule has 2 fully saturated rings. The topological polar surface area (TPSA) is 79.0 Å². The van der Waals surface area contributed by atoms with Gasteiger partial charge in [0.05, 0.1) is 17.9 Å². The number of piperidine rings is 1. The Hall–Kier alpha value is -3.55. The van der Waals surface area contributed by atoms with Crippen LogP contribution in [0.15, 0.2) is 54.6 Å². The van der Waals surface area contributed by atoms with E-state index in [1.165, 1.54) is 11.1 Å². The van der Waals surface area contributed by atoms with E-state index in [2.05, 4.69) is 54.4 Å². The van der Waals surface area contributed by atoms with E-state index in [0.717, 1.165) is 48.1 Å². The lowest BCUT2D eigenvalue weighted by Gasteiger charge is -2.35. The van der Waals surface area contributed by atoms with Crippen LogP contribution in [0.4, 0.5) is 5.69 Å². The van der Waals surface area contributed by atoms with Gasteiger partial charge in [0.15, 0.2) is 0 Å². The van der Waals surface area contributed by atoms with E-state index in [0.29, 0.717) is 12.0 Å². The molecule has 1 unspecified atom stereocenters. The number of amides is 3. The fourth-order valence-electron chi connectivity index (χ4n) is 6.11. The van der Waals surface area contributed by atoms with Gasteiger partial charge in [-0.05, 0) is 60.9 Å². The monoisotopic (exact) mass is 497 g/mol. The first kappa shape index (κ1) is 23.8. The van der Waals surface area contributed by atoms with E-state index in [1.54, 1.807) is 4.90 Å².